The number of hydrogen-bond donors (Lipinski definition) is 0. The van der Waals surface area contributed by atoms with Crippen LogP contribution in [0.15, 0.2) is 164 Å². The van der Waals surface area contributed by atoms with Crippen molar-refractivity contribution in [3.05, 3.63) is 192 Å². The van der Waals surface area contributed by atoms with Crippen LogP contribution in [0, 0.1) is 11.3 Å². The molecule has 0 atom stereocenters. The monoisotopic (exact) mass is 597 g/mol. The van der Waals surface area contributed by atoms with E-state index < -0.39 is 5.41 Å². The van der Waals surface area contributed by atoms with Crippen LogP contribution in [-0.4, -0.2) is 4.57 Å². The van der Waals surface area contributed by atoms with E-state index in [0.717, 1.165) is 33.8 Å². The van der Waals surface area contributed by atoms with Gasteiger partial charge in [-0.1, -0.05) is 121 Å². The van der Waals surface area contributed by atoms with Gasteiger partial charge in [0.25, 0.3) is 0 Å². The lowest BCUT2D eigenvalue weighted by atomic mass is 9.64. The Bertz CT molecular complexity index is 2470. The lowest BCUT2D eigenvalue weighted by Gasteiger charge is -2.45. The second-order valence-corrected chi connectivity index (χ2v) is 12.4. The molecule has 0 saturated carbocycles. The molecule has 8 aromatic rings. The van der Waals surface area contributed by atoms with Crippen molar-refractivity contribution in [3.8, 4) is 22.9 Å². The summed E-state index contributed by atoms with van der Waals surface area (Å²) in [7, 11) is 0. The molecular formula is C44H27N3. The third kappa shape index (κ3) is 3.29. The Balaban J connectivity index is 1.28. The van der Waals surface area contributed by atoms with Gasteiger partial charge in [-0.05, 0) is 75.8 Å². The highest BCUT2D eigenvalue weighted by atomic mass is 15.2. The Morgan fingerprint density at radius 2 is 0.915 bits per heavy atom. The lowest BCUT2D eigenvalue weighted by Crippen LogP contribution is -2.36. The summed E-state index contributed by atoms with van der Waals surface area (Å²) in [5.41, 5.74) is 14.2. The zero-order chi connectivity index (χ0) is 31.1. The topological polar surface area (TPSA) is 32.0 Å². The molecule has 2 aliphatic rings. The van der Waals surface area contributed by atoms with E-state index in [9.17, 15) is 5.26 Å². The molecule has 2 heterocycles. The quantitative estimate of drug-likeness (QED) is 0.199. The van der Waals surface area contributed by atoms with E-state index in [0.29, 0.717) is 5.56 Å². The van der Waals surface area contributed by atoms with E-state index in [1.807, 2.05) is 6.07 Å². The molecule has 3 nitrogen and oxygen atoms in total. The molecule has 1 spiro atoms. The largest absolute Gasteiger partial charge is 0.310 e. The van der Waals surface area contributed by atoms with Gasteiger partial charge in [0.15, 0.2) is 0 Å². The number of para-hydroxylation sites is 4. The molecule has 47 heavy (non-hydrogen) atoms. The van der Waals surface area contributed by atoms with Gasteiger partial charge in [-0.15, -0.1) is 0 Å². The third-order valence-corrected chi connectivity index (χ3v) is 10.2. The minimum Gasteiger partial charge on any atom is -0.310 e. The number of rotatable bonds is 2. The molecule has 0 radical (unpaired) electrons. The van der Waals surface area contributed by atoms with Crippen LogP contribution in [0.1, 0.15) is 27.8 Å². The molecule has 218 valence electrons. The van der Waals surface area contributed by atoms with Gasteiger partial charge in [-0.3, -0.25) is 0 Å². The van der Waals surface area contributed by atoms with Crippen LogP contribution >= 0.6 is 0 Å². The van der Waals surface area contributed by atoms with Crippen molar-refractivity contribution in [2.45, 2.75) is 5.41 Å². The number of aromatic nitrogens is 1. The van der Waals surface area contributed by atoms with Crippen molar-refractivity contribution in [3.63, 3.8) is 0 Å². The fourth-order valence-corrected chi connectivity index (χ4v) is 8.46. The number of hydrogen-bond acceptors (Lipinski definition) is 2. The van der Waals surface area contributed by atoms with E-state index >= 15 is 0 Å². The van der Waals surface area contributed by atoms with Gasteiger partial charge in [-0.25, -0.2) is 0 Å². The van der Waals surface area contributed by atoms with Crippen molar-refractivity contribution in [1.29, 1.82) is 5.26 Å². The second kappa shape index (κ2) is 9.57. The molecule has 0 unspecified atom stereocenters. The molecule has 7 aromatic carbocycles. The molecular weight excluding hydrogens is 571 g/mol. The predicted molar refractivity (Wildman–Crippen MR) is 191 cm³/mol. The minimum atomic E-state index is -0.459. The maximum atomic E-state index is 10.4. The number of nitrogens with zero attached hydrogens (tertiary/aromatic N) is 3. The van der Waals surface area contributed by atoms with Crippen molar-refractivity contribution >= 4 is 38.9 Å². The average molecular weight is 598 g/mol. The van der Waals surface area contributed by atoms with Crippen LogP contribution in [-0.2, 0) is 5.41 Å². The summed E-state index contributed by atoms with van der Waals surface area (Å²) in [4.78, 5) is 2.39. The fourth-order valence-electron chi connectivity index (χ4n) is 8.46. The molecule has 10 rings (SSSR count). The highest BCUT2D eigenvalue weighted by molar-refractivity contribution is 6.09. The molecule has 1 aliphatic carbocycles. The van der Waals surface area contributed by atoms with Crippen molar-refractivity contribution < 1.29 is 0 Å². The van der Waals surface area contributed by atoms with Crippen molar-refractivity contribution in [2.75, 3.05) is 4.90 Å². The summed E-state index contributed by atoms with van der Waals surface area (Å²) in [6, 6.07) is 61.2. The normalized spacial score (nSPS) is 13.6. The Kier molecular flexibility index (Phi) is 5.27. The zero-order valence-corrected chi connectivity index (χ0v) is 25.4. The van der Waals surface area contributed by atoms with Gasteiger partial charge in [0.1, 0.15) is 6.07 Å². The summed E-state index contributed by atoms with van der Waals surface area (Å²) in [6.45, 7) is 0. The van der Waals surface area contributed by atoms with Crippen LogP contribution in [0.25, 0.3) is 38.6 Å². The first-order valence-electron chi connectivity index (χ1n) is 16.0. The van der Waals surface area contributed by atoms with E-state index in [2.05, 4.69) is 173 Å². The molecule has 1 aliphatic heterocycles. The Morgan fingerprint density at radius 3 is 1.47 bits per heavy atom. The first-order valence-corrected chi connectivity index (χ1v) is 16.0. The number of fused-ring (bicyclic) bond motifs is 12. The molecule has 0 fully saturated rings. The zero-order valence-electron chi connectivity index (χ0n) is 25.4. The van der Waals surface area contributed by atoms with Crippen LogP contribution < -0.4 is 4.90 Å². The van der Waals surface area contributed by atoms with Gasteiger partial charge in [0, 0.05) is 16.5 Å². The first kappa shape index (κ1) is 25.9. The smallest absolute Gasteiger partial charge is 0.101 e. The highest BCUT2D eigenvalue weighted by Crippen LogP contribution is 2.63. The molecule has 0 N–H and O–H groups in total. The van der Waals surface area contributed by atoms with Crippen LogP contribution in [0.3, 0.4) is 0 Å². The Hall–Kier alpha value is -6.37. The Labute approximate surface area is 272 Å². The van der Waals surface area contributed by atoms with Crippen LogP contribution in [0.4, 0.5) is 17.1 Å². The third-order valence-electron chi connectivity index (χ3n) is 10.2. The SMILES string of the molecule is N#Cc1ccc(N2c3ccccc3C3(c4ccccc4-c4ccccc43)c3ccccc32)cc1-n1c2ccccc2c2ccccc21. The van der Waals surface area contributed by atoms with Gasteiger partial charge < -0.3 is 9.47 Å². The number of benzene rings is 7. The molecule has 0 saturated heterocycles. The summed E-state index contributed by atoms with van der Waals surface area (Å²) >= 11 is 0. The maximum Gasteiger partial charge on any atom is 0.101 e. The van der Waals surface area contributed by atoms with Gasteiger partial charge >= 0.3 is 0 Å². The summed E-state index contributed by atoms with van der Waals surface area (Å²) in [5, 5.41) is 12.8. The predicted octanol–water partition coefficient (Wildman–Crippen LogP) is 10.8. The maximum absolute atomic E-state index is 10.4. The summed E-state index contributed by atoms with van der Waals surface area (Å²) in [6.07, 6.45) is 0. The molecule has 0 bridgehead atoms. The van der Waals surface area contributed by atoms with Gasteiger partial charge in [0.05, 0.1) is 39.1 Å². The highest BCUT2D eigenvalue weighted by Gasteiger charge is 2.51. The second-order valence-electron chi connectivity index (χ2n) is 12.4. The van der Waals surface area contributed by atoms with Gasteiger partial charge in [-0.2, -0.15) is 5.26 Å². The van der Waals surface area contributed by atoms with E-state index in [-0.39, 0.29) is 0 Å². The fraction of sp³-hybridized carbons (Fsp3) is 0.0227. The molecule has 0 amide bonds. The van der Waals surface area contributed by atoms with Crippen molar-refractivity contribution in [2.24, 2.45) is 0 Å². The van der Waals surface area contributed by atoms with E-state index in [4.69, 9.17) is 0 Å². The molecule has 1 aromatic heterocycles. The van der Waals surface area contributed by atoms with Crippen molar-refractivity contribution in [1.82, 2.24) is 4.57 Å². The summed E-state index contributed by atoms with van der Waals surface area (Å²) < 4.78 is 2.25. The average Bonchev–Trinajstić information content (AvgIpc) is 3.63. The summed E-state index contributed by atoms with van der Waals surface area (Å²) in [5.74, 6) is 0. The lowest BCUT2D eigenvalue weighted by molar-refractivity contribution is 0.752. The minimum absolute atomic E-state index is 0.459. The number of nitriles is 1. The van der Waals surface area contributed by atoms with Crippen LogP contribution in [0.2, 0.25) is 0 Å². The number of anilines is 3. The first-order chi connectivity index (χ1) is 23.3. The Morgan fingerprint density at radius 1 is 0.447 bits per heavy atom. The van der Waals surface area contributed by atoms with E-state index in [1.54, 1.807) is 0 Å². The molecule has 3 heteroatoms. The van der Waals surface area contributed by atoms with E-state index in [1.165, 1.54) is 44.2 Å². The van der Waals surface area contributed by atoms with Gasteiger partial charge in [0.2, 0.25) is 0 Å². The standard InChI is InChI=1S/C44H27N3/c45-28-29-25-26-30(27-43(29)47-39-21-9-3-15-33(39)34-16-4-10-22-40(34)47)46-41-23-11-7-19-37(41)44(38-20-8-12-24-42(38)46)35-17-5-1-13-31(35)32-14-2-6-18-36(32)44/h1-27H. The van der Waals surface area contributed by atoms with Crippen LogP contribution in [0.5, 0.6) is 0 Å².